The number of carbonyl (C=O) groups excluding carboxylic acids is 1. The number of hydrogen-bond acceptors (Lipinski definition) is 3. The summed E-state index contributed by atoms with van der Waals surface area (Å²) in [5.74, 6) is 0.362. The lowest BCUT2D eigenvalue weighted by molar-refractivity contribution is -0.200. The summed E-state index contributed by atoms with van der Waals surface area (Å²) in [4.78, 5) is 13.2. The topological polar surface area (TPSA) is 38.8 Å². The lowest BCUT2D eigenvalue weighted by Gasteiger charge is -2.38. The molecule has 1 aromatic rings. The molecule has 0 saturated carbocycles. The lowest BCUT2D eigenvalue weighted by Crippen LogP contribution is -2.56. The molecule has 0 atom stereocenters. The highest BCUT2D eigenvalue weighted by atomic mass is 19.4. The Kier molecular flexibility index (Phi) is 4.72. The Morgan fingerprint density at radius 3 is 2.62 bits per heavy atom. The van der Waals surface area contributed by atoms with Gasteiger partial charge in [0, 0.05) is 13.1 Å². The highest BCUT2D eigenvalue weighted by Gasteiger charge is 2.35. The Morgan fingerprint density at radius 2 is 2.00 bits per heavy atom. The first-order chi connectivity index (χ1) is 9.85. The van der Waals surface area contributed by atoms with E-state index in [9.17, 15) is 18.0 Å². The maximum atomic E-state index is 12.0. The minimum absolute atomic E-state index is 0.128. The van der Waals surface area contributed by atoms with Crippen LogP contribution in [0.2, 0.25) is 0 Å². The number of carbonyl (C=O) groups is 1. The van der Waals surface area contributed by atoms with Gasteiger partial charge in [0.15, 0.2) is 6.61 Å². The summed E-state index contributed by atoms with van der Waals surface area (Å²) in [6.45, 7) is 0.804. The number of rotatable bonds is 5. The van der Waals surface area contributed by atoms with E-state index >= 15 is 0 Å². The zero-order valence-corrected chi connectivity index (χ0v) is 11.5. The van der Waals surface area contributed by atoms with Crippen LogP contribution < -0.4 is 4.74 Å². The number of ether oxygens (including phenoxy) is 2. The standard InChI is InChI=1S/C14H16F3NO3/c1-10-4-2-3-5-12(10)20-8-13(19)18-6-11(7-18)21-9-14(15,16)17/h2-5,11H,6-9H2,1H3. The molecule has 0 radical (unpaired) electrons. The number of halogens is 3. The van der Waals surface area contributed by atoms with Gasteiger partial charge in [0.2, 0.25) is 0 Å². The predicted molar refractivity (Wildman–Crippen MR) is 69.0 cm³/mol. The Labute approximate surface area is 120 Å². The second-order valence-corrected chi connectivity index (χ2v) is 4.90. The van der Waals surface area contributed by atoms with Crippen LogP contribution in [-0.2, 0) is 9.53 Å². The van der Waals surface area contributed by atoms with Crippen molar-refractivity contribution in [2.75, 3.05) is 26.3 Å². The zero-order chi connectivity index (χ0) is 15.5. The monoisotopic (exact) mass is 303 g/mol. The highest BCUT2D eigenvalue weighted by molar-refractivity contribution is 5.78. The number of hydrogen-bond donors (Lipinski definition) is 0. The van der Waals surface area contributed by atoms with E-state index in [0.717, 1.165) is 5.56 Å². The van der Waals surface area contributed by atoms with Crippen molar-refractivity contribution < 1.29 is 27.4 Å². The second-order valence-electron chi connectivity index (χ2n) is 4.90. The molecule has 1 saturated heterocycles. The molecule has 0 aliphatic carbocycles. The van der Waals surface area contributed by atoms with E-state index in [-0.39, 0.29) is 25.6 Å². The molecule has 0 bridgehead atoms. The van der Waals surface area contributed by atoms with E-state index in [1.54, 1.807) is 12.1 Å². The number of alkyl halides is 3. The van der Waals surface area contributed by atoms with E-state index in [1.165, 1.54) is 4.90 Å². The molecule has 0 aromatic heterocycles. The van der Waals surface area contributed by atoms with Crippen molar-refractivity contribution >= 4 is 5.91 Å². The van der Waals surface area contributed by atoms with E-state index in [4.69, 9.17) is 4.74 Å². The minimum atomic E-state index is -4.33. The molecule has 0 unspecified atom stereocenters. The summed E-state index contributed by atoms with van der Waals surface area (Å²) in [6, 6.07) is 7.29. The molecule has 0 spiro atoms. The first-order valence-corrected chi connectivity index (χ1v) is 6.50. The average molecular weight is 303 g/mol. The van der Waals surface area contributed by atoms with Crippen LogP contribution in [0.25, 0.3) is 0 Å². The smallest absolute Gasteiger partial charge is 0.411 e. The quantitative estimate of drug-likeness (QED) is 0.837. The third kappa shape index (κ3) is 4.63. The van der Waals surface area contributed by atoms with E-state index in [2.05, 4.69) is 4.74 Å². The van der Waals surface area contributed by atoms with Crippen molar-refractivity contribution in [2.24, 2.45) is 0 Å². The summed E-state index contributed by atoms with van der Waals surface area (Å²) < 4.78 is 45.9. The van der Waals surface area contributed by atoms with Gasteiger partial charge in [0.05, 0.1) is 6.10 Å². The molecule has 7 heteroatoms. The fraction of sp³-hybridized carbons (Fsp3) is 0.500. The Hall–Kier alpha value is -1.76. The van der Waals surface area contributed by atoms with Gasteiger partial charge in [-0.1, -0.05) is 18.2 Å². The molecule has 116 valence electrons. The number of likely N-dealkylation sites (tertiary alicyclic amines) is 1. The van der Waals surface area contributed by atoms with Gasteiger partial charge in [0.1, 0.15) is 12.4 Å². The summed E-state index contributed by atoms with van der Waals surface area (Å²) in [7, 11) is 0. The molecule has 21 heavy (non-hydrogen) atoms. The van der Waals surface area contributed by atoms with Crippen LogP contribution in [0, 0.1) is 6.92 Å². The van der Waals surface area contributed by atoms with Gasteiger partial charge in [-0.25, -0.2) is 0 Å². The number of para-hydroxylation sites is 1. The van der Waals surface area contributed by atoms with Crippen molar-refractivity contribution in [2.45, 2.75) is 19.2 Å². The van der Waals surface area contributed by atoms with Gasteiger partial charge in [0.25, 0.3) is 5.91 Å². The fourth-order valence-corrected chi connectivity index (χ4v) is 1.91. The van der Waals surface area contributed by atoms with Gasteiger partial charge in [-0.3, -0.25) is 4.79 Å². The highest BCUT2D eigenvalue weighted by Crippen LogP contribution is 2.20. The third-order valence-electron chi connectivity index (χ3n) is 3.13. The van der Waals surface area contributed by atoms with Crippen LogP contribution >= 0.6 is 0 Å². The number of amides is 1. The molecule has 0 N–H and O–H groups in total. The van der Waals surface area contributed by atoms with Crippen LogP contribution in [0.3, 0.4) is 0 Å². The van der Waals surface area contributed by atoms with Crippen LogP contribution in [-0.4, -0.2) is 49.4 Å². The second kappa shape index (κ2) is 6.34. The molecule has 1 heterocycles. The number of nitrogens with zero attached hydrogens (tertiary/aromatic N) is 1. The third-order valence-corrected chi connectivity index (χ3v) is 3.13. The van der Waals surface area contributed by atoms with Crippen LogP contribution in [0.5, 0.6) is 5.75 Å². The van der Waals surface area contributed by atoms with Crippen molar-refractivity contribution in [3.05, 3.63) is 29.8 Å². The van der Waals surface area contributed by atoms with Gasteiger partial charge in [-0.15, -0.1) is 0 Å². The van der Waals surface area contributed by atoms with Crippen molar-refractivity contribution in [3.63, 3.8) is 0 Å². The average Bonchev–Trinajstić information content (AvgIpc) is 2.34. The van der Waals surface area contributed by atoms with Crippen molar-refractivity contribution in [1.29, 1.82) is 0 Å². The lowest BCUT2D eigenvalue weighted by atomic mass is 10.1. The molecular formula is C14H16F3NO3. The largest absolute Gasteiger partial charge is 0.484 e. The zero-order valence-electron chi connectivity index (χ0n) is 11.5. The molecule has 1 fully saturated rings. The normalized spacial score (nSPS) is 15.7. The molecule has 1 aliphatic heterocycles. The maximum absolute atomic E-state index is 12.0. The first kappa shape index (κ1) is 15.6. The van der Waals surface area contributed by atoms with Gasteiger partial charge in [-0.05, 0) is 18.6 Å². The van der Waals surface area contributed by atoms with Gasteiger partial charge < -0.3 is 14.4 Å². The summed E-state index contributed by atoms with van der Waals surface area (Å²) in [5.41, 5.74) is 0.917. The van der Waals surface area contributed by atoms with Crippen LogP contribution in [0.4, 0.5) is 13.2 Å². The van der Waals surface area contributed by atoms with E-state index in [0.29, 0.717) is 5.75 Å². The predicted octanol–water partition coefficient (Wildman–Crippen LogP) is 2.16. The summed E-state index contributed by atoms with van der Waals surface area (Å²) in [6.07, 6.45) is -4.88. The maximum Gasteiger partial charge on any atom is 0.411 e. The van der Waals surface area contributed by atoms with Crippen LogP contribution in [0.15, 0.2) is 24.3 Å². The summed E-state index contributed by atoms with van der Waals surface area (Å²) in [5, 5.41) is 0. The Balaban J connectivity index is 1.69. The number of benzene rings is 1. The SMILES string of the molecule is Cc1ccccc1OCC(=O)N1CC(OCC(F)(F)F)C1. The molecule has 1 aromatic carbocycles. The van der Waals surface area contributed by atoms with Crippen molar-refractivity contribution in [3.8, 4) is 5.75 Å². The number of aryl methyl sites for hydroxylation is 1. The van der Waals surface area contributed by atoms with Gasteiger partial charge in [-0.2, -0.15) is 13.2 Å². The van der Waals surface area contributed by atoms with Crippen LogP contribution in [0.1, 0.15) is 5.56 Å². The molecule has 4 nitrogen and oxygen atoms in total. The summed E-state index contributed by atoms with van der Waals surface area (Å²) >= 11 is 0. The molecule has 1 aliphatic rings. The van der Waals surface area contributed by atoms with Gasteiger partial charge >= 0.3 is 6.18 Å². The first-order valence-electron chi connectivity index (χ1n) is 6.50. The molecule has 2 rings (SSSR count). The Morgan fingerprint density at radius 1 is 1.33 bits per heavy atom. The minimum Gasteiger partial charge on any atom is -0.484 e. The molecular weight excluding hydrogens is 287 g/mol. The van der Waals surface area contributed by atoms with E-state index in [1.807, 2.05) is 19.1 Å². The molecule has 1 amide bonds. The fourth-order valence-electron chi connectivity index (χ4n) is 1.91. The van der Waals surface area contributed by atoms with E-state index < -0.39 is 18.9 Å². The van der Waals surface area contributed by atoms with Crippen molar-refractivity contribution in [1.82, 2.24) is 4.90 Å². The Bertz CT molecular complexity index is 498.